The number of H-pyrrole nitrogens is 2. The van der Waals surface area contributed by atoms with Crippen LogP contribution in [0.15, 0.2) is 10.9 Å². The van der Waals surface area contributed by atoms with Crippen molar-refractivity contribution in [2.24, 2.45) is 0 Å². The number of halogens is 1. The fourth-order valence-corrected chi connectivity index (χ4v) is 0.786. The van der Waals surface area contributed by atoms with E-state index in [1.165, 1.54) is 0 Å². The van der Waals surface area contributed by atoms with Crippen molar-refractivity contribution in [3.8, 4) is 0 Å². The van der Waals surface area contributed by atoms with E-state index < -0.39 is 0 Å². The predicted octanol–water partition coefficient (Wildman–Crippen LogP) is -3.19. The Kier molecular flexibility index (Phi) is 3.55. The minimum absolute atomic E-state index is 0. The maximum Gasteiger partial charge on any atom is 0.493 e. The molecule has 0 amide bonds. The van der Waals surface area contributed by atoms with Crippen LogP contribution in [0.3, 0.4) is 0 Å². The Morgan fingerprint density at radius 1 is 1.50 bits per heavy atom. The molecule has 0 fully saturated rings. The minimum atomic E-state index is -0.146. The van der Waals surface area contributed by atoms with Crippen LogP contribution in [0.2, 0.25) is 0 Å². The summed E-state index contributed by atoms with van der Waals surface area (Å²) in [6.45, 7) is 3.70. The molecule has 0 saturated heterocycles. The highest BCUT2D eigenvalue weighted by Crippen LogP contribution is 1.85. The summed E-state index contributed by atoms with van der Waals surface area (Å²) in [6.07, 6.45) is 0. The molecule has 0 aliphatic carbocycles. The highest BCUT2D eigenvalue weighted by atomic mass is 127. The molecular weight excluding hydrogens is 243 g/mol. The van der Waals surface area contributed by atoms with Crippen LogP contribution in [0.25, 0.3) is 0 Å². The quantitative estimate of drug-likeness (QED) is 0.486. The van der Waals surface area contributed by atoms with Gasteiger partial charge in [-0.3, -0.25) is 0 Å². The Balaban J connectivity index is 0.000000810. The van der Waals surface area contributed by atoms with Crippen molar-refractivity contribution in [1.29, 1.82) is 0 Å². The normalized spacial score (nSPS) is 8.60. The van der Waals surface area contributed by atoms with Crippen LogP contribution in [-0.4, -0.2) is 4.98 Å². The van der Waals surface area contributed by atoms with Crippen LogP contribution >= 0.6 is 0 Å². The van der Waals surface area contributed by atoms with Gasteiger partial charge in [0, 0.05) is 6.07 Å². The maximum atomic E-state index is 10.6. The van der Waals surface area contributed by atoms with Gasteiger partial charge in [-0.15, -0.1) is 0 Å². The number of rotatable bonds is 0. The van der Waals surface area contributed by atoms with E-state index in [1.807, 2.05) is 19.9 Å². The molecule has 0 radical (unpaired) electrons. The predicted molar refractivity (Wildman–Crippen MR) is 33.1 cm³/mol. The fourth-order valence-electron chi connectivity index (χ4n) is 0.786. The topological polar surface area (TPSA) is 47.0 Å². The van der Waals surface area contributed by atoms with Crippen molar-refractivity contribution < 1.29 is 29.0 Å². The summed E-state index contributed by atoms with van der Waals surface area (Å²) in [7, 11) is 0. The Morgan fingerprint density at radius 2 is 2.10 bits per heavy atom. The summed E-state index contributed by atoms with van der Waals surface area (Å²) in [5.41, 5.74) is 1.63. The average molecular weight is 252 g/mol. The third-order valence-corrected chi connectivity index (χ3v) is 1.05. The zero-order valence-electron chi connectivity index (χ0n) is 5.86. The Morgan fingerprint density at radius 3 is 2.50 bits per heavy atom. The van der Waals surface area contributed by atoms with Crippen LogP contribution < -0.4 is 34.7 Å². The van der Waals surface area contributed by atoms with Crippen molar-refractivity contribution in [2.75, 3.05) is 0 Å². The van der Waals surface area contributed by atoms with Crippen LogP contribution in [0.4, 0.5) is 0 Å². The van der Waals surface area contributed by atoms with Gasteiger partial charge in [-0.25, -0.2) is 9.97 Å². The van der Waals surface area contributed by atoms with Crippen molar-refractivity contribution in [3.05, 3.63) is 27.9 Å². The monoisotopic (exact) mass is 252 g/mol. The molecule has 1 rings (SSSR count). The van der Waals surface area contributed by atoms with Gasteiger partial charge in [-0.1, -0.05) is 0 Å². The lowest BCUT2D eigenvalue weighted by molar-refractivity contribution is -0.411. The van der Waals surface area contributed by atoms with Crippen molar-refractivity contribution in [1.82, 2.24) is 4.98 Å². The SMILES string of the molecule is Cc1cc(C)[nH+]c(=O)[nH]1.[I-]. The molecule has 1 aromatic rings. The molecule has 10 heavy (non-hydrogen) atoms. The van der Waals surface area contributed by atoms with Crippen LogP contribution in [-0.2, 0) is 0 Å². The van der Waals surface area contributed by atoms with E-state index in [0.717, 1.165) is 11.4 Å². The molecule has 0 atom stereocenters. The van der Waals surface area contributed by atoms with E-state index >= 15 is 0 Å². The third-order valence-electron chi connectivity index (χ3n) is 1.05. The lowest BCUT2D eigenvalue weighted by Gasteiger charge is -1.84. The number of nitrogens with one attached hydrogen (secondary N) is 2. The molecule has 1 heterocycles. The van der Waals surface area contributed by atoms with E-state index in [4.69, 9.17) is 0 Å². The van der Waals surface area contributed by atoms with Gasteiger partial charge < -0.3 is 24.0 Å². The molecule has 0 aliphatic rings. The summed E-state index contributed by atoms with van der Waals surface area (Å²) in [5, 5.41) is 0. The van der Waals surface area contributed by atoms with Gasteiger partial charge >= 0.3 is 5.69 Å². The summed E-state index contributed by atoms with van der Waals surface area (Å²) in [6, 6.07) is 1.88. The van der Waals surface area contributed by atoms with Gasteiger partial charge in [0.2, 0.25) is 0 Å². The number of aromatic amines is 2. The first kappa shape index (κ1) is 9.61. The molecule has 0 aliphatic heterocycles. The van der Waals surface area contributed by atoms with Crippen LogP contribution in [0.5, 0.6) is 0 Å². The lowest BCUT2D eigenvalue weighted by atomic mass is 10.4. The lowest BCUT2D eigenvalue weighted by Crippen LogP contribution is -3.00. The summed E-state index contributed by atoms with van der Waals surface area (Å²) < 4.78 is 0. The largest absolute Gasteiger partial charge is 1.00 e. The first-order valence-electron chi connectivity index (χ1n) is 2.78. The van der Waals surface area contributed by atoms with E-state index in [-0.39, 0.29) is 29.7 Å². The van der Waals surface area contributed by atoms with Gasteiger partial charge in [0.1, 0.15) is 11.4 Å². The molecule has 4 heteroatoms. The van der Waals surface area contributed by atoms with Crippen LogP contribution in [0, 0.1) is 13.8 Å². The van der Waals surface area contributed by atoms with Gasteiger partial charge in [0.15, 0.2) is 0 Å². The second-order valence-electron chi connectivity index (χ2n) is 2.09. The average Bonchev–Trinajstić information content (AvgIpc) is 1.59. The van der Waals surface area contributed by atoms with Crippen molar-refractivity contribution in [2.45, 2.75) is 13.8 Å². The Hall–Kier alpha value is -0.390. The highest BCUT2D eigenvalue weighted by molar-refractivity contribution is 4.98. The number of aryl methyl sites for hydroxylation is 2. The van der Waals surface area contributed by atoms with Gasteiger partial charge in [0.25, 0.3) is 0 Å². The first-order valence-corrected chi connectivity index (χ1v) is 2.78. The van der Waals surface area contributed by atoms with Gasteiger partial charge in [-0.05, 0) is 13.8 Å². The zero-order chi connectivity index (χ0) is 6.85. The molecule has 0 unspecified atom stereocenters. The number of aromatic nitrogens is 2. The van der Waals surface area contributed by atoms with E-state index in [2.05, 4.69) is 9.97 Å². The Labute approximate surface area is 75.9 Å². The van der Waals surface area contributed by atoms with Crippen molar-refractivity contribution in [3.63, 3.8) is 0 Å². The summed E-state index contributed by atoms with van der Waals surface area (Å²) in [5.74, 6) is 0. The minimum Gasteiger partial charge on any atom is -1.00 e. The fraction of sp³-hybridized carbons (Fsp3) is 0.333. The second-order valence-corrected chi connectivity index (χ2v) is 2.09. The first-order chi connectivity index (χ1) is 4.18. The molecule has 1 aromatic heterocycles. The van der Waals surface area contributed by atoms with E-state index in [9.17, 15) is 4.79 Å². The summed E-state index contributed by atoms with van der Waals surface area (Å²) in [4.78, 5) is 15.8. The molecule has 0 bridgehead atoms. The van der Waals surface area contributed by atoms with E-state index in [0.29, 0.717) is 0 Å². The third kappa shape index (κ3) is 2.47. The van der Waals surface area contributed by atoms with Crippen molar-refractivity contribution >= 4 is 0 Å². The molecule has 2 N–H and O–H groups in total. The molecule has 0 saturated carbocycles. The van der Waals surface area contributed by atoms with Crippen LogP contribution in [0.1, 0.15) is 11.4 Å². The molecule has 56 valence electrons. The standard InChI is InChI=1S/C6H8N2O.HI/c1-4-3-5(2)8-6(9)7-4;/h3H,1-2H3,(H,7,8,9);1H. The molecule has 0 spiro atoms. The second kappa shape index (κ2) is 3.70. The number of hydrogen-bond acceptors (Lipinski definition) is 1. The molecular formula is C6H9IN2O. The smallest absolute Gasteiger partial charge is 0.493 e. The maximum absolute atomic E-state index is 10.6. The highest BCUT2D eigenvalue weighted by Gasteiger charge is 1.95. The van der Waals surface area contributed by atoms with E-state index in [1.54, 1.807) is 0 Å². The zero-order valence-corrected chi connectivity index (χ0v) is 8.02. The Bertz CT molecular complexity index is 245. The molecule has 3 nitrogen and oxygen atoms in total. The summed E-state index contributed by atoms with van der Waals surface area (Å²) >= 11 is 0. The molecule has 0 aromatic carbocycles. The number of hydrogen-bond donors (Lipinski definition) is 1. The van der Waals surface area contributed by atoms with Gasteiger partial charge in [-0.2, -0.15) is 4.79 Å². The van der Waals surface area contributed by atoms with Gasteiger partial charge in [0.05, 0.1) is 0 Å².